The number of aliphatic hydroxyl groups is 2. The highest BCUT2D eigenvalue weighted by atomic mass is 16.5. The van der Waals surface area contributed by atoms with Crippen molar-refractivity contribution in [3.05, 3.63) is 41.8 Å². The summed E-state index contributed by atoms with van der Waals surface area (Å²) < 4.78 is 10.9. The maximum absolute atomic E-state index is 9.78. The Balaban J connectivity index is 0.000000509. The molecule has 1 unspecified atom stereocenters. The van der Waals surface area contributed by atoms with Crippen molar-refractivity contribution in [3.8, 4) is 28.4 Å². The Labute approximate surface area is 187 Å². The van der Waals surface area contributed by atoms with E-state index >= 15 is 0 Å². The highest BCUT2D eigenvalue weighted by Gasteiger charge is 2.16. The van der Waals surface area contributed by atoms with Gasteiger partial charge in [-0.05, 0) is 52.3 Å². The second-order valence-corrected chi connectivity index (χ2v) is 7.84. The number of aliphatic hydroxyl groups excluding tert-OH is 2. The summed E-state index contributed by atoms with van der Waals surface area (Å²) in [4.78, 5) is 8.97. The number of anilines is 1. The second-order valence-electron chi connectivity index (χ2n) is 7.84. The summed E-state index contributed by atoms with van der Waals surface area (Å²) in [6.07, 6.45) is 2.80. The molecule has 9 heteroatoms. The van der Waals surface area contributed by atoms with Crippen LogP contribution in [0.4, 0.5) is 5.82 Å². The first kappa shape index (κ1) is 23.6. The van der Waals surface area contributed by atoms with Crippen LogP contribution in [0.2, 0.25) is 0 Å². The molecule has 9 nitrogen and oxygen atoms in total. The van der Waals surface area contributed by atoms with Gasteiger partial charge in [0.2, 0.25) is 0 Å². The van der Waals surface area contributed by atoms with Crippen LogP contribution in [0, 0.1) is 13.8 Å². The number of benzene rings is 1. The minimum absolute atomic E-state index is 0.0648. The maximum atomic E-state index is 9.78. The standard InChI is InChI=1S/C19H23N5O3.C4H8O/c1-11-18(12(2)27-24-11)16-8-17(20)23-19(22-16)13-5-4-6-15(7-13)26-10-14(25)9-21-3;5-4-2-1-3-4/h4-8,14,21,25H,9-10H2,1-3H3,(H2,20,22,23);4-5H,1-3H2. The van der Waals surface area contributed by atoms with E-state index in [1.807, 2.05) is 38.1 Å². The number of nitrogens with zero attached hydrogens (tertiary/aromatic N) is 3. The third-order valence-corrected chi connectivity index (χ3v) is 5.08. The van der Waals surface area contributed by atoms with E-state index in [-0.39, 0.29) is 12.7 Å². The van der Waals surface area contributed by atoms with Crippen LogP contribution in [0.15, 0.2) is 34.9 Å². The van der Waals surface area contributed by atoms with E-state index in [9.17, 15) is 5.11 Å². The quantitative estimate of drug-likeness (QED) is 0.435. The maximum Gasteiger partial charge on any atom is 0.162 e. The van der Waals surface area contributed by atoms with Gasteiger partial charge >= 0.3 is 0 Å². The molecule has 5 N–H and O–H groups in total. The van der Waals surface area contributed by atoms with Crippen molar-refractivity contribution in [2.75, 3.05) is 25.9 Å². The van der Waals surface area contributed by atoms with Crippen LogP contribution in [-0.2, 0) is 0 Å². The Hall–Kier alpha value is -3.01. The van der Waals surface area contributed by atoms with Crippen LogP contribution in [0.5, 0.6) is 5.75 Å². The van der Waals surface area contributed by atoms with E-state index < -0.39 is 6.10 Å². The predicted molar refractivity (Wildman–Crippen MR) is 122 cm³/mol. The van der Waals surface area contributed by atoms with Crippen LogP contribution in [-0.4, -0.2) is 57.7 Å². The van der Waals surface area contributed by atoms with E-state index in [1.54, 1.807) is 13.1 Å². The molecule has 0 saturated heterocycles. The number of ether oxygens (including phenoxy) is 1. The van der Waals surface area contributed by atoms with Gasteiger partial charge in [0.15, 0.2) is 5.82 Å². The van der Waals surface area contributed by atoms with Gasteiger partial charge in [0.05, 0.1) is 23.1 Å². The Kier molecular flexibility index (Phi) is 8.15. The number of aryl methyl sites for hydroxylation is 2. The average molecular weight is 442 g/mol. The molecule has 1 aromatic carbocycles. The van der Waals surface area contributed by atoms with Gasteiger partial charge in [0.1, 0.15) is 30.0 Å². The second kappa shape index (κ2) is 11.0. The summed E-state index contributed by atoms with van der Waals surface area (Å²) >= 11 is 0. The summed E-state index contributed by atoms with van der Waals surface area (Å²) in [6.45, 7) is 4.33. The van der Waals surface area contributed by atoms with Crippen molar-refractivity contribution in [2.45, 2.75) is 45.3 Å². The van der Waals surface area contributed by atoms with Crippen molar-refractivity contribution < 1.29 is 19.5 Å². The van der Waals surface area contributed by atoms with Crippen LogP contribution in [0.1, 0.15) is 30.7 Å². The van der Waals surface area contributed by atoms with Gasteiger partial charge in [-0.3, -0.25) is 0 Å². The lowest BCUT2D eigenvalue weighted by Crippen LogP contribution is -2.29. The summed E-state index contributed by atoms with van der Waals surface area (Å²) in [6, 6.07) is 9.06. The molecule has 1 aliphatic rings. The van der Waals surface area contributed by atoms with Gasteiger partial charge < -0.3 is 30.5 Å². The SMILES string of the molecule is CNCC(O)COc1cccc(-c2nc(N)cc(-c3c(C)noc3C)n2)c1.OC1CCC1. The van der Waals surface area contributed by atoms with Crippen molar-refractivity contribution in [1.82, 2.24) is 20.4 Å². The monoisotopic (exact) mass is 441 g/mol. The number of nitrogens with one attached hydrogen (secondary N) is 1. The Morgan fingerprint density at radius 3 is 2.59 bits per heavy atom. The zero-order valence-electron chi connectivity index (χ0n) is 18.7. The molecule has 2 heterocycles. The molecule has 0 amide bonds. The zero-order chi connectivity index (χ0) is 23.1. The Morgan fingerprint density at radius 1 is 1.25 bits per heavy atom. The number of nitrogen functional groups attached to an aromatic ring is 1. The van der Waals surface area contributed by atoms with E-state index in [2.05, 4.69) is 20.4 Å². The third-order valence-electron chi connectivity index (χ3n) is 5.08. The van der Waals surface area contributed by atoms with Gasteiger partial charge in [-0.1, -0.05) is 17.3 Å². The predicted octanol–water partition coefficient (Wildman–Crippen LogP) is 2.49. The van der Waals surface area contributed by atoms with E-state index in [0.717, 1.165) is 29.7 Å². The molecular formula is C23H31N5O4. The molecule has 1 fully saturated rings. The lowest BCUT2D eigenvalue weighted by molar-refractivity contribution is 0.0950. The molecule has 1 atom stereocenters. The highest BCUT2D eigenvalue weighted by molar-refractivity contribution is 5.69. The molecule has 0 radical (unpaired) electrons. The summed E-state index contributed by atoms with van der Waals surface area (Å²) in [5.74, 6) is 2.12. The number of rotatable bonds is 7. The van der Waals surface area contributed by atoms with E-state index in [4.69, 9.17) is 20.1 Å². The smallest absolute Gasteiger partial charge is 0.162 e. The molecule has 1 saturated carbocycles. The number of hydrogen-bond donors (Lipinski definition) is 4. The van der Waals surface area contributed by atoms with Crippen molar-refractivity contribution >= 4 is 5.82 Å². The number of likely N-dealkylation sites (N-methyl/N-ethyl adjacent to an activating group) is 1. The minimum Gasteiger partial charge on any atom is -0.491 e. The van der Waals surface area contributed by atoms with Crippen LogP contribution >= 0.6 is 0 Å². The molecule has 172 valence electrons. The topological polar surface area (TPSA) is 140 Å². The van der Waals surface area contributed by atoms with Gasteiger partial charge in [-0.2, -0.15) is 0 Å². The van der Waals surface area contributed by atoms with E-state index in [1.165, 1.54) is 6.42 Å². The molecule has 4 rings (SSSR count). The number of hydrogen-bond acceptors (Lipinski definition) is 9. The van der Waals surface area contributed by atoms with Crippen molar-refractivity contribution in [2.24, 2.45) is 0 Å². The lowest BCUT2D eigenvalue weighted by Gasteiger charge is -2.17. The molecule has 0 spiro atoms. The zero-order valence-corrected chi connectivity index (χ0v) is 18.7. The fourth-order valence-electron chi connectivity index (χ4n) is 3.17. The third kappa shape index (κ3) is 6.25. The normalized spacial score (nSPS) is 14.3. The summed E-state index contributed by atoms with van der Waals surface area (Å²) in [5, 5.41) is 25.1. The lowest BCUT2D eigenvalue weighted by atomic mass is 9.97. The Morgan fingerprint density at radius 2 is 2.00 bits per heavy atom. The molecule has 1 aliphatic carbocycles. The van der Waals surface area contributed by atoms with Crippen LogP contribution in [0.25, 0.3) is 22.6 Å². The van der Waals surface area contributed by atoms with Gasteiger partial charge in [-0.25, -0.2) is 9.97 Å². The first-order chi connectivity index (χ1) is 15.4. The van der Waals surface area contributed by atoms with Crippen molar-refractivity contribution in [1.29, 1.82) is 0 Å². The average Bonchev–Trinajstić information content (AvgIpc) is 3.09. The molecule has 3 aromatic rings. The molecule has 0 bridgehead atoms. The summed E-state index contributed by atoms with van der Waals surface area (Å²) in [7, 11) is 1.78. The molecule has 32 heavy (non-hydrogen) atoms. The largest absolute Gasteiger partial charge is 0.491 e. The number of aromatic nitrogens is 3. The molecule has 2 aromatic heterocycles. The van der Waals surface area contributed by atoms with E-state index in [0.29, 0.717) is 35.4 Å². The Bertz CT molecular complexity index is 1000. The van der Waals surface area contributed by atoms with Crippen LogP contribution < -0.4 is 15.8 Å². The van der Waals surface area contributed by atoms with Gasteiger partial charge in [-0.15, -0.1) is 0 Å². The first-order valence-corrected chi connectivity index (χ1v) is 10.7. The minimum atomic E-state index is -0.589. The molecular weight excluding hydrogens is 410 g/mol. The fourth-order valence-corrected chi connectivity index (χ4v) is 3.17. The van der Waals surface area contributed by atoms with Gasteiger partial charge in [0, 0.05) is 18.2 Å². The molecule has 0 aliphatic heterocycles. The van der Waals surface area contributed by atoms with Gasteiger partial charge in [0.25, 0.3) is 0 Å². The first-order valence-electron chi connectivity index (χ1n) is 10.7. The number of nitrogens with two attached hydrogens (primary N) is 1. The highest BCUT2D eigenvalue weighted by Crippen LogP contribution is 2.29. The fraction of sp³-hybridized carbons (Fsp3) is 0.435. The van der Waals surface area contributed by atoms with Crippen LogP contribution in [0.3, 0.4) is 0 Å². The van der Waals surface area contributed by atoms with Crippen molar-refractivity contribution in [3.63, 3.8) is 0 Å². The summed E-state index contributed by atoms with van der Waals surface area (Å²) in [5.41, 5.74) is 8.97.